The number of amides is 2. The van der Waals surface area contributed by atoms with Gasteiger partial charge in [0, 0.05) is 6.54 Å². The van der Waals surface area contributed by atoms with Crippen LogP contribution in [-0.2, 0) is 9.59 Å². The monoisotopic (exact) mass is 298 g/mol. The van der Waals surface area contributed by atoms with Gasteiger partial charge in [-0.25, -0.2) is 0 Å². The second-order valence-electron chi connectivity index (χ2n) is 6.18. The summed E-state index contributed by atoms with van der Waals surface area (Å²) in [6, 6.07) is 0. The van der Waals surface area contributed by atoms with Crippen LogP contribution in [-0.4, -0.2) is 46.3 Å². The number of piperazine rings is 1. The molecule has 2 amide bonds. The lowest BCUT2D eigenvalue weighted by Crippen LogP contribution is -2.74. The Morgan fingerprint density at radius 1 is 1.30 bits per heavy atom. The van der Waals surface area contributed by atoms with Crippen molar-refractivity contribution in [1.29, 1.82) is 0 Å². The summed E-state index contributed by atoms with van der Waals surface area (Å²) in [5, 5.41) is 3.01. The minimum atomic E-state index is -0.718. The number of carbonyl (C=O) groups excluding carboxylic acids is 2. The average molecular weight is 298 g/mol. The standard InChI is InChI=1S/C15H26N2O2S/c1-4-14(2)13(19)17(10-7-11-20-3)15(12(18)16-14)8-5-6-9-15/h4-11H2,1-3H3,(H,16,18). The lowest BCUT2D eigenvalue weighted by Gasteiger charge is -2.50. The van der Waals surface area contributed by atoms with Gasteiger partial charge in [0.05, 0.1) is 0 Å². The SMILES string of the molecule is CCC1(C)NC(=O)C2(CCCC2)N(CCCSC)C1=O. The third-order valence-corrected chi connectivity index (χ3v) is 5.61. The van der Waals surface area contributed by atoms with Crippen molar-refractivity contribution < 1.29 is 9.59 Å². The summed E-state index contributed by atoms with van der Waals surface area (Å²) >= 11 is 1.79. The van der Waals surface area contributed by atoms with Gasteiger partial charge in [0.2, 0.25) is 11.8 Å². The first kappa shape index (κ1) is 15.7. The fourth-order valence-corrected chi connectivity index (χ4v) is 3.83. The zero-order chi connectivity index (χ0) is 14.8. The van der Waals surface area contributed by atoms with Crippen molar-refractivity contribution >= 4 is 23.6 Å². The Hall–Kier alpha value is -0.710. The number of hydrogen-bond acceptors (Lipinski definition) is 3. The second-order valence-corrected chi connectivity index (χ2v) is 7.17. The van der Waals surface area contributed by atoms with E-state index in [2.05, 4.69) is 11.6 Å². The van der Waals surface area contributed by atoms with E-state index in [0.29, 0.717) is 13.0 Å². The van der Waals surface area contributed by atoms with Gasteiger partial charge in [-0.05, 0) is 44.6 Å². The minimum Gasteiger partial charge on any atom is -0.340 e. The molecule has 1 spiro atoms. The molecule has 0 aromatic heterocycles. The molecule has 2 aliphatic rings. The molecule has 20 heavy (non-hydrogen) atoms. The summed E-state index contributed by atoms with van der Waals surface area (Å²) in [4.78, 5) is 27.5. The van der Waals surface area contributed by atoms with E-state index in [1.165, 1.54) is 0 Å². The normalized spacial score (nSPS) is 29.1. The van der Waals surface area contributed by atoms with Gasteiger partial charge in [0.1, 0.15) is 11.1 Å². The van der Waals surface area contributed by atoms with E-state index in [4.69, 9.17) is 0 Å². The van der Waals surface area contributed by atoms with Gasteiger partial charge in [-0.1, -0.05) is 19.8 Å². The number of hydrogen-bond donors (Lipinski definition) is 1. The molecule has 1 heterocycles. The molecule has 4 nitrogen and oxygen atoms in total. The Balaban J connectivity index is 2.26. The largest absolute Gasteiger partial charge is 0.340 e. The van der Waals surface area contributed by atoms with Gasteiger partial charge in [-0.15, -0.1) is 0 Å². The summed E-state index contributed by atoms with van der Waals surface area (Å²) in [5.74, 6) is 1.22. The molecule has 2 rings (SSSR count). The topological polar surface area (TPSA) is 49.4 Å². The van der Waals surface area contributed by atoms with Crippen LogP contribution in [0.5, 0.6) is 0 Å². The average Bonchev–Trinajstić information content (AvgIpc) is 2.92. The van der Waals surface area contributed by atoms with Crippen molar-refractivity contribution in [3.8, 4) is 0 Å². The highest BCUT2D eigenvalue weighted by Gasteiger charge is 2.56. The van der Waals surface area contributed by atoms with E-state index >= 15 is 0 Å². The number of rotatable bonds is 5. The summed E-state index contributed by atoms with van der Waals surface area (Å²) in [5.41, 5.74) is -1.27. The first-order valence-electron chi connectivity index (χ1n) is 7.64. The molecule has 1 N–H and O–H groups in total. The van der Waals surface area contributed by atoms with E-state index in [0.717, 1.165) is 37.9 Å². The molecule has 1 aliphatic heterocycles. The highest BCUT2D eigenvalue weighted by atomic mass is 32.2. The van der Waals surface area contributed by atoms with Gasteiger partial charge in [0.25, 0.3) is 0 Å². The molecule has 1 unspecified atom stereocenters. The van der Waals surface area contributed by atoms with Gasteiger partial charge in [-0.3, -0.25) is 9.59 Å². The molecule has 1 atom stereocenters. The molecule has 0 aromatic carbocycles. The fourth-order valence-electron chi connectivity index (χ4n) is 3.41. The summed E-state index contributed by atoms with van der Waals surface area (Å²) in [6.07, 6.45) is 7.42. The molecule has 1 saturated heterocycles. The third kappa shape index (κ3) is 2.45. The first-order chi connectivity index (χ1) is 9.50. The first-order valence-corrected chi connectivity index (χ1v) is 9.03. The Bertz CT molecular complexity index is 393. The van der Waals surface area contributed by atoms with Crippen molar-refractivity contribution in [2.75, 3.05) is 18.6 Å². The van der Waals surface area contributed by atoms with Gasteiger partial charge in [0.15, 0.2) is 0 Å². The van der Waals surface area contributed by atoms with E-state index < -0.39 is 11.1 Å². The molecule has 0 aromatic rings. The molecule has 1 saturated carbocycles. The van der Waals surface area contributed by atoms with Gasteiger partial charge >= 0.3 is 0 Å². The molecular weight excluding hydrogens is 272 g/mol. The quantitative estimate of drug-likeness (QED) is 0.792. The van der Waals surface area contributed by atoms with Crippen LogP contribution >= 0.6 is 11.8 Å². The van der Waals surface area contributed by atoms with E-state index in [9.17, 15) is 9.59 Å². The molecule has 0 radical (unpaired) electrons. The van der Waals surface area contributed by atoms with Crippen LogP contribution in [0.3, 0.4) is 0 Å². The zero-order valence-electron chi connectivity index (χ0n) is 12.8. The van der Waals surface area contributed by atoms with Crippen molar-refractivity contribution in [3.63, 3.8) is 0 Å². The highest BCUT2D eigenvalue weighted by molar-refractivity contribution is 7.98. The molecule has 1 aliphatic carbocycles. The summed E-state index contributed by atoms with van der Waals surface area (Å²) < 4.78 is 0. The summed E-state index contributed by atoms with van der Waals surface area (Å²) in [6.45, 7) is 4.53. The smallest absolute Gasteiger partial charge is 0.248 e. The zero-order valence-corrected chi connectivity index (χ0v) is 13.6. The number of nitrogens with one attached hydrogen (secondary N) is 1. The van der Waals surface area contributed by atoms with Crippen molar-refractivity contribution in [2.45, 2.75) is 63.5 Å². The van der Waals surface area contributed by atoms with Crippen molar-refractivity contribution in [1.82, 2.24) is 10.2 Å². The molecule has 2 fully saturated rings. The lowest BCUT2D eigenvalue weighted by atomic mass is 9.83. The maximum absolute atomic E-state index is 12.9. The Kier molecular flexibility index (Phi) is 4.67. The maximum Gasteiger partial charge on any atom is 0.248 e. The van der Waals surface area contributed by atoms with Crippen LogP contribution < -0.4 is 5.32 Å². The van der Waals surface area contributed by atoms with Crippen molar-refractivity contribution in [2.24, 2.45) is 0 Å². The number of thioether (sulfide) groups is 1. The van der Waals surface area contributed by atoms with Crippen LogP contribution in [0, 0.1) is 0 Å². The lowest BCUT2D eigenvalue weighted by molar-refractivity contribution is -0.162. The maximum atomic E-state index is 12.9. The predicted molar refractivity (Wildman–Crippen MR) is 82.7 cm³/mol. The van der Waals surface area contributed by atoms with Crippen LogP contribution in [0.2, 0.25) is 0 Å². The predicted octanol–water partition coefficient (Wildman–Crippen LogP) is 2.18. The number of nitrogens with zero attached hydrogens (tertiary/aromatic N) is 1. The van der Waals surface area contributed by atoms with Crippen LogP contribution in [0.25, 0.3) is 0 Å². The summed E-state index contributed by atoms with van der Waals surface area (Å²) in [7, 11) is 0. The number of carbonyl (C=O) groups is 2. The molecule has 5 heteroatoms. The second kappa shape index (κ2) is 5.96. The van der Waals surface area contributed by atoms with Gasteiger partial charge < -0.3 is 10.2 Å². The van der Waals surface area contributed by atoms with E-state index in [1.807, 2.05) is 18.7 Å². The third-order valence-electron chi connectivity index (χ3n) is 4.91. The highest BCUT2D eigenvalue weighted by Crippen LogP contribution is 2.40. The Morgan fingerprint density at radius 3 is 2.50 bits per heavy atom. The molecular formula is C15H26N2O2S. The Labute approximate surface area is 126 Å². The van der Waals surface area contributed by atoms with E-state index in [-0.39, 0.29) is 11.8 Å². The fraction of sp³-hybridized carbons (Fsp3) is 0.867. The molecule has 114 valence electrons. The van der Waals surface area contributed by atoms with Crippen LogP contribution in [0.4, 0.5) is 0 Å². The molecule has 0 bridgehead atoms. The van der Waals surface area contributed by atoms with Crippen LogP contribution in [0.1, 0.15) is 52.4 Å². The van der Waals surface area contributed by atoms with Gasteiger partial charge in [-0.2, -0.15) is 11.8 Å². The van der Waals surface area contributed by atoms with E-state index in [1.54, 1.807) is 11.8 Å². The minimum absolute atomic E-state index is 0.0723. The Morgan fingerprint density at radius 2 is 1.95 bits per heavy atom. The van der Waals surface area contributed by atoms with Crippen LogP contribution in [0.15, 0.2) is 0 Å². The van der Waals surface area contributed by atoms with Crippen molar-refractivity contribution in [3.05, 3.63) is 0 Å².